The topological polar surface area (TPSA) is 12.0 Å². The first kappa shape index (κ1) is 14.4. The summed E-state index contributed by atoms with van der Waals surface area (Å²) < 4.78 is 26.9. The third-order valence-corrected chi connectivity index (χ3v) is 4.32. The molecule has 1 unspecified atom stereocenters. The maximum absolute atomic E-state index is 13.5. The average molecular weight is 267 g/mol. The van der Waals surface area contributed by atoms with E-state index in [1.165, 1.54) is 31.4 Å². The molecular formula is C16H23F2N. The lowest BCUT2D eigenvalue weighted by molar-refractivity contribution is 0.145. The molecule has 0 aliphatic heterocycles. The standard InChI is InChI=1S/C16H23F2N/c1-3-19-15(16(2)7-5-4-6-8-16)12-9-13(17)11-14(18)10-12/h9-11,15,19H,3-8H2,1-2H3. The first-order chi connectivity index (χ1) is 9.05. The van der Waals surface area contributed by atoms with Crippen molar-refractivity contribution in [3.63, 3.8) is 0 Å². The minimum atomic E-state index is -0.489. The van der Waals surface area contributed by atoms with Crippen molar-refractivity contribution in [2.24, 2.45) is 5.41 Å². The molecule has 19 heavy (non-hydrogen) atoms. The largest absolute Gasteiger partial charge is 0.310 e. The van der Waals surface area contributed by atoms with E-state index in [1.807, 2.05) is 6.92 Å². The van der Waals surface area contributed by atoms with Crippen LogP contribution in [0.4, 0.5) is 8.78 Å². The van der Waals surface area contributed by atoms with E-state index in [2.05, 4.69) is 12.2 Å². The molecule has 2 rings (SSSR count). The molecule has 1 aromatic carbocycles. The molecule has 3 heteroatoms. The molecule has 1 aliphatic carbocycles. The third-order valence-electron chi connectivity index (χ3n) is 4.32. The summed E-state index contributed by atoms with van der Waals surface area (Å²) in [7, 11) is 0. The first-order valence-electron chi connectivity index (χ1n) is 7.24. The highest BCUT2D eigenvalue weighted by Crippen LogP contribution is 2.45. The molecular weight excluding hydrogens is 244 g/mol. The van der Waals surface area contributed by atoms with E-state index in [0.29, 0.717) is 0 Å². The van der Waals surface area contributed by atoms with E-state index >= 15 is 0 Å². The molecule has 0 heterocycles. The number of rotatable bonds is 4. The van der Waals surface area contributed by atoms with Gasteiger partial charge in [-0.25, -0.2) is 8.78 Å². The van der Waals surface area contributed by atoms with E-state index in [-0.39, 0.29) is 11.5 Å². The number of benzene rings is 1. The van der Waals surface area contributed by atoms with Crippen LogP contribution in [-0.2, 0) is 0 Å². The second-order valence-electron chi connectivity index (χ2n) is 5.91. The summed E-state index contributed by atoms with van der Waals surface area (Å²) >= 11 is 0. The van der Waals surface area contributed by atoms with Crippen LogP contribution in [0.2, 0.25) is 0 Å². The predicted molar refractivity (Wildman–Crippen MR) is 74.0 cm³/mol. The van der Waals surface area contributed by atoms with E-state index in [9.17, 15) is 8.78 Å². The Balaban J connectivity index is 2.32. The number of halogens is 2. The molecule has 1 atom stereocenters. The lowest BCUT2D eigenvalue weighted by Gasteiger charge is -2.41. The normalized spacial score (nSPS) is 20.2. The molecule has 1 aromatic rings. The van der Waals surface area contributed by atoms with Gasteiger partial charge in [0.2, 0.25) is 0 Å². The van der Waals surface area contributed by atoms with E-state index < -0.39 is 11.6 Å². The van der Waals surface area contributed by atoms with Crippen molar-refractivity contribution in [2.75, 3.05) is 6.54 Å². The van der Waals surface area contributed by atoms with Gasteiger partial charge in [0.05, 0.1) is 0 Å². The predicted octanol–water partition coefficient (Wildman–Crippen LogP) is 4.59. The van der Waals surface area contributed by atoms with Crippen LogP contribution in [0.25, 0.3) is 0 Å². The summed E-state index contributed by atoms with van der Waals surface area (Å²) in [6.45, 7) is 5.08. The van der Waals surface area contributed by atoms with Crippen molar-refractivity contribution in [1.29, 1.82) is 0 Å². The fourth-order valence-corrected chi connectivity index (χ4v) is 3.36. The number of hydrogen-bond acceptors (Lipinski definition) is 1. The molecule has 1 aliphatic rings. The molecule has 1 saturated carbocycles. The molecule has 0 bridgehead atoms. The summed E-state index contributed by atoms with van der Waals surface area (Å²) in [5, 5.41) is 3.43. The van der Waals surface area contributed by atoms with Crippen molar-refractivity contribution in [2.45, 2.75) is 52.0 Å². The monoisotopic (exact) mass is 267 g/mol. The second-order valence-corrected chi connectivity index (χ2v) is 5.91. The molecule has 1 fully saturated rings. The van der Waals surface area contributed by atoms with Gasteiger partial charge in [-0.1, -0.05) is 33.1 Å². The van der Waals surface area contributed by atoms with Gasteiger partial charge in [-0.15, -0.1) is 0 Å². The Morgan fingerprint density at radius 3 is 2.21 bits per heavy atom. The maximum atomic E-state index is 13.5. The van der Waals surface area contributed by atoms with Crippen LogP contribution in [0.3, 0.4) is 0 Å². The van der Waals surface area contributed by atoms with Crippen LogP contribution in [0, 0.1) is 17.0 Å². The smallest absolute Gasteiger partial charge is 0.126 e. The van der Waals surface area contributed by atoms with Crippen LogP contribution < -0.4 is 5.32 Å². The van der Waals surface area contributed by atoms with Crippen LogP contribution in [-0.4, -0.2) is 6.54 Å². The molecule has 0 aromatic heterocycles. The van der Waals surface area contributed by atoms with Gasteiger partial charge in [-0.05, 0) is 42.5 Å². The molecule has 0 amide bonds. The molecule has 0 radical (unpaired) electrons. The van der Waals surface area contributed by atoms with Gasteiger partial charge in [-0.2, -0.15) is 0 Å². The SMILES string of the molecule is CCNC(c1cc(F)cc(F)c1)C1(C)CCCCC1. The summed E-state index contributed by atoms with van der Waals surface area (Å²) in [6, 6.07) is 3.91. The van der Waals surface area contributed by atoms with Crippen molar-refractivity contribution in [3.05, 3.63) is 35.4 Å². The highest BCUT2D eigenvalue weighted by atomic mass is 19.1. The Labute approximate surface area is 114 Å². The van der Waals surface area contributed by atoms with Gasteiger partial charge >= 0.3 is 0 Å². The van der Waals surface area contributed by atoms with Gasteiger partial charge in [0.1, 0.15) is 11.6 Å². The highest BCUT2D eigenvalue weighted by Gasteiger charge is 2.36. The summed E-state index contributed by atoms with van der Waals surface area (Å²) in [5.74, 6) is -0.977. The fraction of sp³-hybridized carbons (Fsp3) is 0.625. The van der Waals surface area contributed by atoms with Crippen molar-refractivity contribution < 1.29 is 8.78 Å². The van der Waals surface area contributed by atoms with Gasteiger partial charge in [0, 0.05) is 12.1 Å². The Morgan fingerprint density at radius 2 is 1.68 bits per heavy atom. The maximum Gasteiger partial charge on any atom is 0.126 e. The zero-order chi connectivity index (χ0) is 13.9. The Kier molecular flexibility index (Phi) is 4.56. The van der Waals surface area contributed by atoms with Gasteiger partial charge in [0.25, 0.3) is 0 Å². The van der Waals surface area contributed by atoms with E-state index in [4.69, 9.17) is 0 Å². The molecule has 1 N–H and O–H groups in total. The molecule has 0 spiro atoms. The van der Waals surface area contributed by atoms with E-state index in [0.717, 1.165) is 31.0 Å². The Bertz CT molecular complexity index is 405. The fourth-order valence-electron chi connectivity index (χ4n) is 3.36. The molecule has 106 valence electrons. The van der Waals surface area contributed by atoms with Gasteiger partial charge < -0.3 is 5.32 Å². The minimum Gasteiger partial charge on any atom is -0.310 e. The Hall–Kier alpha value is -0.960. The minimum absolute atomic E-state index is 0.0306. The van der Waals surface area contributed by atoms with Gasteiger partial charge in [-0.3, -0.25) is 0 Å². The quantitative estimate of drug-likeness (QED) is 0.841. The van der Waals surface area contributed by atoms with Crippen LogP contribution >= 0.6 is 0 Å². The van der Waals surface area contributed by atoms with Gasteiger partial charge in [0.15, 0.2) is 0 Å². The highest BCUT2D eigenvalue weighted by molar-refractivity contribution is 5.23. The third kappa shape index (κ3) is 3.33. The average Bonchev–Trinajstić information content (AvgIpc) is 2.35. The summed E-state index contributed by atoms with van der Waals surface area (Å²) in [5.41, 5.74) is 0.831. The van der Waals surface area contributed by atoms with Crippen LogP contribution in [0.5, 0.6) is 0 Å². The molecule has 0 saturated heterocycles. The van der Waals surface area contributed by atoms with Crippen molar-refractivity contribution in [3.8, 4) is 0 Å². The summed E-state index contributed by atoms with van der Waals surface area (Å²) in [4.78, 5) is 0. The van der Waals surface area contributed by atoms with Crippen LogP contribution in [0.15, 0.2) is 18.2 Å². The van der Waals surface area contributed by atoms with Crippen LogP contribution in [0.1, 0.15) is 57.6 Å². The van der Waals surface area contributed by atoms with Crippen molar-refractivity contribution >= 4 is 0 Å². The van der Waals surface area contributed by atoms with E-state index in [1.54, 1.807) is 0 Å². The van der Waals surface area contributed by atoms with Crippen molar-refractivity contribution in [1.82, 2.24) is 5.32 Å². The zero-order valence-electron chi connectivity index (χ0n) is 11.8. The molecule has 1 nitrogen and oxygen atoms in total. The first-order valence-corrected chi connectivity index (χ1v) is 7.24. The lowest BCUT2D eigenvalue weighted by atomic mass is 9.68. The second kappa shape index (κ2) is 6.00. The number of hydrogen-bond donors (Lipinski definition) is 1. The zero-order valence-corrected chi connectivity index (χ0v) is 11.8. The number of nitrogens with one attached hydrogen (secondary N) is 1. The Morgan fingerprint density at radius 1 is 1.11 bits per heavy atom. The lowest BCUT2D eigenvalue weighted by Crippen LogP contribution is -2.37. The summed E-state index contributed by atoms with van der Waals surface area (Å²) in [6.07, 6.45) is 5.91.